The van der Waals surface area contributed by atoms with Gasteiger partial charge in [0.1, 0.15) is 4.90 Å². The van der Waals surface area contributed by atoms with Crippen molar-refractivity contribution >= 4 is 33.1 Å². The van der Waals surface area contributed by atoms with Gasteiger partial charge in [-0.15, -0.1) is 0 Å². The number of hydrogen-bond donors (Lipinski definition) is 1. The number of H-pyrrole nitrogens is 1. The standard InChI is InChI=1S/C22H21N9O4S/c1-28(7-6-18-14-24-15-25-18)20-4-3-19(31(32)33)10-22(20)36(34,35)29(2)26-12-17-13-27-30-8-5-16(11-23)9-21(17)30/h3-5,8-10,12-15H,6-7H2,1-2H3,(H,24,25)/b26-12+. The number of non-ortho nitro benzene ring substituents is 1. The van der Waals surface area contributed by atoms with Crippen molar-refractivity contribution < 1.29 is 13.3 Å². The number of imidazole rings is 1. The molecule has 13 nitrogen and oxygen atoms in total. The Hall–Kier alpha value is -4.77. The molecular formula is C22H21N9O4S. The molecule has 3 aromatic heterocycles. The molecule has 0 saturated heterocycles. The highest BCUT2D eigenvalue weighted by molar-refractivity contribution is 7.89. The molecule has 0 amide bonds. The van der Waals surface area contributed by atoms with E-state index in [1.165, 1.54) is 36.1 Å². The van der Waals surface area contributed by atoms with Gasteiger partial charge in [-0.1, -0.05) is 0 Å². The number of sulfonamides is 1. The Balaban J connectivity index is 1.66. The van der Waals surface area contributed by atoms with Gasteiger partial charge in [0.25, 0.3) is 15.7 Å². The number of nitro benzene ring substituents is 1. The number of nitriles is 1. The predicted molar refractivity (Wildman–Crippen MR) is 131 cm³/mol. The Bertz CT molecular complexity index is 1590. The minimum Gasteiger partial charge on any atom is -0.373 e. The van der Waals surface area contributed by atoms with Gasteiger partial charge in [-0.3, -0.25) is 10.1 Å². The van der Waals surface area contributed by atoms with E-state index in [9.17, 15) is 18.5 Å². The van der Waals surface area contributed by atoms with Gasteiger partial charge in [-0.05, 0) is 18.2 Å². The number of pyridine rings is 1. The molecule has 0 radical (unpaired) electrons. The lowest BCUT2D eigenvalue weighted by molar-refractivity contribution is -0.385. The lowest BCUT2D eigenvalue weighted by Gasteiger charge is -2.23. The highest BCUT2D eigenvalue weighted by atomic mass is 32.2. The second-order valence-corrected chi connectivity index (χ2v) is 9.72. The van der Waals surface area contributed by atoms with E-state index >= 15 is 0 Å². The van der Waals surface area contributed by atoms with Crippen LogP contribution in [0.4, 0.5) is 11.4 Å². The average Bonchev–Trinajstić information content (AvgIpc) is 3.54. The van der Waals surface area contributed by atoms with Crippen LogP contribution < -0.4 is 4.90 Å². The van der Waals surface area contributed by atoms with Crippen LogP contribution in [0.3, 0.4) is 0 Å². The summed E-state index contributed by atoms with van der Waals surface area (Å²) in [6.45, 7) is 0.430. The topological polar surface area (TPSA) is 166 Å². The molecule has 1 N–H and O–H groups in total. The van der Waals surface area contributed by atoms with Gasteiger partial charge in [0.05, 0.1) is 46.5 Å². The van der Waals surface area contributed by atoms with E-state index in [-0.39, 0.29) is 16.3 Å². The quantitative estimate of drug-likeness (QED) is 0.204. The molecule has 0 fully saturated rings. The number of anilines is 1. The smallest absolute Gasteiger partial charge is 0.281 e. The van der Waals surface area contributed by atoms with E-state index < -0.39 is 14.9 Å². The number of rotatable bonds is 9. The first-order valence-electron chi connectivity index (χ1n) is 10.6. The summed E-state index contributed by atoms with van der Waals surface area (Å²) in [6, 6.07) is 8.94. The summed E-state index contributed by atoms with van der Waals surface area (Å²) in [7, 11) is -1.33. The number of hydrazone groups is 1. The first-order chi connectivity index (χ1) is 17.2. The first kappa shape index (κ1) is 24.4. The van der Waals surface area contributed by atoms with E-state index in [0.29, 0.717) is 29.6 Å². The zero-order valence-corrected chi connectivity index (χ0v) is 20.1. The van der Waals surface area contributed by atoms with Crippen LogP contribution in [0.5, 0.6) is 0 Å². The number of hydrogen-bond acceptors (Lipinski definition) is 9. The second-order valence-electron chi connectivity index (χ2n) is 7.80. The third kappa shape index (κ3) is 4.86. The summed E-state index contributed by atoms with van der Waals surface area (Å²) in [4.78, 5) is 19.1. The van der Waals surface area contributed by atoms with Crippen molar-refractivity contribution in [2.75, 3.05) is 25.5 Å². The molecule has 184 valence electrons. The van der Waals surface area contributed by atoms with Crippen LogP contribution in [-0.2, 0) is 16.4 Å². The molecule has 0 atom stereocenters. The Morgan fingerprint density at radius 3 is 2.78 bits per heavy atom. The maximum atomic E-state index is 13.5. The highest BCUT2D eigenvalue weighted by Crippen LogP contribution is 2.31. The van der Waals surface area contributed by atoms with Crippen molar-refractivity contribution in [2.45, 2.75) is 11.3 Å². The predicted octanol–water partition coefficient (Wildman–Crippen LogP) is 2.17. The minimum absolute atomic E-state index is 0.255. The second kappa shape index (κ2) is 9.84. The van der Waals surface area contributed by atoms with Crippen LogP contribution in [0.15, 0.2) is 65.2 Å². The Kier molecular flexibility index (Phi) is 6.66. The van der Waals surface area contributed by atoms with Crippen LogP contribution in [0.25, 0.3) is 5.52 Å². The van der Waals surface area contributed by atoms with Gasteiger partial charge in [0.2, 0.25) is 0 Å². The van der Waals surface area contributed by atoms with Crippen LogP contribution in [0.2, 0.25) is 0 Å². The largest absolute Gasteiger partial charge is 0.373 e. The van der Waals surface area contributed by atoms with Crippen molar-refractivity contribution in [1.82, 2.24) is 24.0 Å². The van der Waals surface area contributed by atoms with E-state index in [1.54, 1.807) is 42.8 Å². The number of nitro groups is 1. The van der Waals surface area contributed by atoms with Gasteiger partial charge >= 0.3 is 0 Å². The molecule has 0 unspecified atom stereocenters. The average molecular weight is 508 g/mol. The Morgan fingerprint density at radius 1 is 1.28 bits per heavy atom. The Labute approximate surface area is 206 Å². The fourth-order valence-electron chi connectivity index (χ4n) is 3.48. The molecule has 14 heteroatoms. The molecule has 0 aliphatic carbocycles. The molecule has 1 aromatic carbocycles. The summed E-state index contributed by atoms with van der Waals surface area (Å²) < 4.78 is 29.2. The maximum absolute atomic E-state index is 13.5. The van der Waals surface area contributed by atoms with Gasteiger partial charge in [0.15, 0.2) is 0 Å². The minimum atomic E-state index is -4.27. The maximum Gasteiger partial charge on any atom is 0.281 e. The SMILES string of the molecule is CN(CCc1cnc[nH]1)c1ccc([N+](=O)[O-])cc1S(=O)(=O)N(C)/N=C/c1cnn2ccc(C#N)cc12. The van der Waals surface area contributed by atoms with E-state index in [1.807, 2.05) is 6.07 Å². The molecule has 3 heterocycles. The van der Waals surface area contributed by atoms with Crippen molar-refractivity contribution in [3.63, 3.8) is 0 Å². The lowest BCUT2D eigenvalue weighted by atomic mass is 10.2. The molecule has 0 aliphatic heterocycles. The first-order valence-corrected chi connectivity index (χ1v) is 12.0. The van der Waals surface area contributed by atoms with Gasteiger partial charge in [-0.2, -0.15) is 28.3 Å². The monoisotopic (exact) mass is 507 g/mol. The van der Waals surface area contributed by atoms with Crippen molar-refractivity contribution in [3.8, 4) is 6.07 Å². The third-order valence-electron chi connectivity index (χ3n) is 5.50. The molecule has 0 aliphatic rings. The number of likely N-dealkylation sites (N-methyl/N-ethyl adjacent to an activating group) is 1. The number of nitrogens with one attached hydrogen (secondary N) is 1. The van der Waals surface area contributed by atoms with Crippen LogP contribution in [0.1, 0.15) is 16.8 Å². The van der Waals surface area contributed by atoms with E-state index in [0.717, 1.165) is 16.2 Å². The van der Waals surface area contributed by atoms with Crippen LogP contribution in [0, 0.1) is 21.4 Å². The fraction of sp³-hybridized carbons (Fsp3) is 0.182. The number of benzene rings is 1. The zero-order chi connectivity index (χ0) is 25.9. The van der Waals surface area contributed by atoms with E-state index in [2.05, 4.69) is 20.2 Å². The van der Waals surface area contributed by atoms with Crippen molar-refractivity contribution in [1.29, 1.82) is 5.26 Å². The molecule has 4 aromatic rings. The van der Waals surface area contributed by atoms with E-state index in [4.69, 9.17) is 5.26 Å². The Morgan fingerprint density at radius 2 is 2.08 bits per heavy atom. The molecule has 36 heavy (non-hydrogen) atoms. The third-order valence-corrected chi connectivity index (χ3v) is 7.18. The number of aromatic nitrogens is 4. The van der Waals surface area contributed by atoms with Gasteiger partial charge in [-0.25, -0.2) is 9.50 Å². The summed E-state index contributed by atoms with van der Waals surface area (Å²) in [5.74, 6) is 0. The van der Waals surface area contributed by atoms with Crippen LogP contribution in [-0.4, -0.2) is 64.2 Å². The molecule has 0 saturated carbocycles. The molecular weight excluding hydrogens is 486 g/mol. The fourth-order valence-corrected chi connectivity index (χ4v) is 4.70. The lowest BCUT2D eigenvalue weighted by Crippen LogP contribution is -2.27. The highest BCUT2D eigenvalue weighted by Gasteiger charge is 2.27. The van der Waals surface area contributed by atoms with Gasteiger partial charge < -0.3 is 9.88 Å². The molecule has 0 spiro atoms. The zero-order valence-electron chi connectivity index (χ0n) is 19.3. The summed E-state index contributed by atoms with van der Waals surface area (Å²) >= 11 is 0. The summed E-state index contributed by atoms with van der Waals surface area (Å²) in [6.07, 6.45) is 8.18. The van der Waals surface area contributed by atoms with Crippen LogP contribution >= 0.6 is 0 Å². The number of nitrogens with zero attached hydrogens (tertiary/aromatic N) is 8. The summed E-state index contributed by atoms with van der Waals surface area (Å²) in [5, 5.41) is 28.7. The molecule has 0 bridgehead atoms. The van der Waals surface area contributed by atoms with Crippen molar-refractivity contribution in [2.24, 2.45) is 5.10 Å². The number of fused-ring (bicyclic) bond motifs is 1. The summed E-state index contributed by atoms with van der Waals surface area (Å²) in [5.41, 5.74) is 2.27. The van der Waals surface area contributed by atoms with Gasteiger partial charge in [0, 0.05) is 62.8 Å². The molecule has 4 rings (SSSR count). The normalized spacial score (nSPS) is 11.6. The van der Waals surface area contributed by atoms with Crippen molar-refractivity contribution in [3.05, 3.63) is 82.2 Å². The number of aromatic amines is 1.